The lowest BCUT2D eigenvalue weighted by Crippen LogP contribution is -2.29. The zero-order chi connectivity index (χ0) is 18.2. The van der Waals surface area contributed by atoms with E-state index in [9.17, 15) is 4.79 Å². The van der Waals surface area contributed by atoms with E-state index in [1.54, 1.807) is 0 Å². The number of anilines is 2. The zero-order valence-electron chi connectivity index (χ0n) is 15.4. The van der Waals surface area contributed by atoms with E-state index in [1.165, 1.54) is 37.0 Å². The Kier molecular flexibility index (Phi) is 4.56. The highest BCUT2D eigenvalue weighted by Gasteiger charge is 2.25. The topological polar surface area (TPSA) is 42.4 Å². The highest BCUT2D eigenvalue weighted by molar-refractivity contribution is 8.00. The van der Waals surface area contributed by atoms with Gasteiger partial charge in [0.2, 0.25) is 0 Å². The van der Waals surface area contributed by atoms with Crippen LogP contribution in [0.15, 0.2) is 35.4 Å². The molecule has 1 aromatic heterocycles. The molecule has 0 radical (unpaired) electrons. The van der Waals surface area contributed by atoms with Crippen molar-refractivity contribution < 1.29 is 9.53 Å². The third-order valence-electron chi connectivity index (χ3n) is 5.81. The summed E-state index contributed by atoms with van der Waals surface area (Å²) >= 11 is 1.95. The summed E-state index contributed by atoms with van der Waals surface area (Å²) in [6, 6.07) is 8.33. The maximum absolute atomic E-state index is 11.9. The van der Waals surface area contributed by atoms with Crippen molar-refractivity contribution in [2.45, 2.75) is 55.1 Å². The van der Waals surface area contributed by atoms with Gasteiger partial charge in [0, 0.05) is 34.0 Å². The summed E-state index contributed by atoms with van der Waals surface area (Å²) in [5.74, 6) is 2.03. The first-order chi connectivity index (χ1) is 13.3. The second-order valence-electron chi connectivity index (χ2n) is 7.64. The quantitative estimate of drug-likeness (QED) is 0.735. The van der Waals surface area contributed by atoms with Crippen LogP contribution in [0.1, 0.15) is 54.4 Å². The van der Waals surface area contributed by atoms with Gasteiger partial charge >= 0.3 is 0 Å². The number of pyridine rings is 1. The summed E-state index contributed by atoms with van der Waals surface area (Å²) in [5.41, 5.74) is 3.16. The molecular weight excluding hydrogens is 356 g/mol. The fourth-order valence-corrected chi connectivity index (χ4v) is 5.62. The maximum Gasteiger partial charge on any atom is 0.176 e. The Morgan fingerprint density at radius 1 is 1.11 bits per heavy atom. The Balaban J connectivity index is 1.40. The SMILES string of the molecule is O=C1CCc2cc(N3CCOc4cc(SC5CCCCC5)cnc43)ccc21. The van der Waals surface area contributed by atoms with E-state index in [1.807, 2.05) is 30.1 Å². The van der Waals surface area contributed by atoms with Crippen molar-refractivity contribution in [3.05, 3.63) is 41.6 Å². The number of fused-ring (bicyclic) bond motifs is 2. The number of carbonyl (C=O) groups is 1. The van der Waals surface area contributed by atoms with E-state index < -0.39 is 0 Å². The van der Waals surface area contributed by atoms with Crippen LogP contribution in [0.5, 0.6) is 5.75 Å². The van der Waals surface area contributed by atoms with E-state index >= 15 is 0 Å². The number of hydrogen-bond acceptors (Lipinski definition) is 5. The van der Waals surface area contributed by atoms with Crippen molar-refractivity contribution in [2.75, 3.05) is 18.1 Å². The van der Waals surface area contributed by atoms with E-state index in [2.05, 4.69) is 17.0 Å². The van der Waals surface area contributed by atoms with Gasteiger partial charge in [-0.2, -0.15) is 0 Å². The Morgan fingerprint density at radius 3 is 2.89 bits per heavy atom. The van der Waals surface area contributed by atoms with Gasteiger partial charge in [0.1, 0.15) is 6.61 Å². The monoisotopic (exact) mass is 380 g/mol. The largest absolute Gasteiger partial charge is 0.488 e. The molecule has 5 rings (SSSR count). The molecule has 2 aliphatic carbocycles. The predicted molar refractivity (Wildman–Crippen MR) is 109 cm³/mol. The highest BCUT2D eigenvalue weighted by atomic mass is 32.2. The Morgan fingerprint density at radius 2 is 2.00 bits per heavy atom. The zero-order valence-corrected chi connectivity index (χ0v) is 16.3. The molecule has 0 N–H and O–H groups in total. The molecular formula is C22H24N2O2S. The lowest BCUT2D eigenvalue weighted by atomic mass is 10.0. The fraction of sp³-hybridized carbons (Fsp3) is 0.455. The number of thioether (sulfide) groups is 1. The minimum absolute atomic E-state index is 0.265. The van der Waals surface area contributed by atoms with Crippen molar-refractivity contribution in [1.29, 1.82) is 0 Å². The Hall–Kier alpha value is -2.01. The third-order valence-corrected chi connectivity index (χ3v) is 7.11. The van der Waals surface area contributed by atoms with Gasteiger partial charge in [-0.3, -0.25) is 4.79 Å². The number of carbonyl (C=O) groups excluding carboxylic acids is 1. The third kappa shape index (κ3) is 3.33. The highest BCUT2D eigenvalue weighted by Crippen LogP contribution is 2.40. The smallest absolute Gasteiger partial charge is 0.176 e. The van der Waals surface area contributed by atoms with Gasteiger partial charge in [-0.15, -0.1) is 11.8 Å². The van der Waals surface area contributed by atoms with Crippen molar-refractivity contribution >= 4 is 29.1 Å². The molecule has 0 unspecified atom stereocenters. The molecule has 0 spiro atoms. The molecule has 2 aromatic rings. The van der Waals surface area contributed by atoms with E-state index in [-0.39, 0.29) is 5.78 Å². The van der Waals surface area contributed by atoms with Crippen molar-refractivity contribution in [3.63, 3.8) is 0 Å². The molecule has 5 heteroatoms. The maximum atomic E-state index is 11.9. The average Bonchev–Trinajstić information content (AvgIpc) is 3.08. The predicted octanol–water partition coefficient (Wildman–Crippen LogP) is 5.17. The summed E-state index contributed by atoms with van der Waals surface area (Å²) in [7, 11) is 0. The first-order valence-electron chi connectivity index (χ1n) is 10.0. The molecule has 0 saturated heterocycles. The van der Waals surface area contributed by atoms with E-state index in [0.29, 0.717) is 18.3 Å². The van der Waals surface area contributed by atoms with E-state index in [4.69, 9.17) is 9.72 Å². The Bertz CT molecular complexity index is 877. The average molecular weight is 381 g/mol. The molecule has 1 aliphatic heterocycles. The van der Waals surface area contributed by atoms with Crippen molar-refractivity contribution in [1.82, 2.24) is 4.98 Å². The summed E-state index contributed by atoms with van der Waals surface area (Å²) in [4.78, 5) is 20.1. The first kappa shape index (κ1) is 17.1. The summed E-state index contributed by atoms with van der Waals surface area (Å²) in [5, 5.41) is 0.715. The van der Waals surface area contributed by atoms with Crippen molar-refractivity contribution in [3.8, 4) is 5.75 Å². The number of nitrogens with zero attached hydrogens (tertiary/aromatic N) is 2. The van der Waals surface area contributed by atoms with Gasteiger partial charge in [-0.1, -0.05) is 19.3 Å². The van der Waals surface area contributed by atoms with Crippen LogP contribution < -0.4 is 9.64 Å². The van der Waals surface area contributed by atoms with Crippen LogP contribution in [-0.2, 0) is 6.42 Å². The number of hydrogen-bond donors (Lipinski definition) is 0. The lowest BCUT2D eigenvalue weighted by Gasteiger charge is -2.31. The number of rotatable bonds is 3. The Labute approximate surface area is 164 Å². The second-order valence-corrected chi connectivity index (χ2v) is 9.01. The molecule has 140 valence electrons. The summed E-state index contributed by atoms with van der Waals surface area (Å²) < 4.78 is 5.94. The van der Waals surface area contributed by atoms with Gasteiger partial charge in [0.15, 0.2) is 17.4 Å². The molecule has 3 aliphatic rings. The first-order valence-corrected chi connectivity index (χ1v) is 10.9. The lowest BCUT2D eigenvalue weighted by molar-refractivity contribution is 0.0994. The van der Waals surface area contributed by atoms with Gasteiger partial charge in [-0.25, -0.2) is 4.98 Å². The number of aromatic nitrogens is 1. The van der Waals surface area contributed by atoms with Gasteiger partial charge in [0.05, 0.1) is 6.54 Å². The summed E-state index contributed by atoms with van der Waals surface area (Å²) in [6.07, 6.45) is 10.2. The number of Topliss-reactive ketones (excluding diaryl/α,β-unsaturated/α-hetero) is 1. The van der Waals surface area contributed by atoms with Crippen molar-refractivity contribution in [2.24, 2.45) is 0 Å². The standard InChI is InChI=1S/C22H24N2O2S/c25-20-9-6-15-12-16(7-8-19(15)20)24-10-11-26-21-13-18(14-23-22(21)24)27-17-4-2-1-3-5-17/h7-8,12-14,17H,1-6,9-11H2. The van der Waals surface area contributed by atoms with Gasteiger partial charge < -0.3 is 9.64 Å². The molecule has 1 fully saturated rings. The minimum atomic E-state index is 0.265. The number of benzene rings is 1. The van der Waals surface area contributed by atoms with Crippen LogP contribution in [0.2, 0.25) is 0 Å². The molecule has 0 atom stereocenters. The number of ether oxygens (including phenoxy) is 1. The van der Waals surface area contributed by atoms with Crippen LogP contribution in [0, 0.1) is 0 Å². The van der Waals surface area contributed by atoms with Crippen LogP contribution >= 0.6 is 11.8 Å². The number of aryl methyl sites for hydroxylation is 1. The van der Waals surface area contributed by atoms with Gasteiger partial charge in [-0.05, 0) is 49.1 Å². The minimum Gasteiger partial charge on any atom is -0.488 e. The van der Waals surface area contributed by atoms with Crippen LogP contribution in [0.3, 0.4) is 0 Å². The molecule has 0 amide bonds. The molecule has 2 heterocycles. The number of ketones is 1. The van der Waals surface area contributed by atoms with Crippen LogP contribution in [-0.4, -0.2) is 29.2 Å². The molecule has 4 nitrogen and oxygen atoms in total. The normalized spacial score (nSPS) is 19.6. The fourth-order valence-electron chi connectivity index (χ4n) is 4.38. The van der Waals surface area contributed by atoms with Crippen LogP contribution in [0.4, 0.5) is 11.5 Å². The molecule has 0 bridgehead atoms. The summed E-state index contributed by atoms with van der Waals surface area (Å²) in [6.45, 7) is 1.43. The van der Waals surface area contributed by atoms with Gasteiger partial charge in [0.25, 0.3) is 0 Å². The van der Waals surface area contributed by atoms with Crippen LogP contribution in [0.25, 0.3) is 0 Å². The molecule has 27 heavy (non-hydrogen) atoms. The second kappa shape index (κ2) is 7.19. The van der Waals surface area contributed by atoms with E-state index in [0.717, 1.165) is 41.3 Å². The molecule has 1 aromatic carbocycles. The molecule has 1 saturated carbocycles.